The summed E-state index contributed by atoms with van der Waals surface area (Å²) in [6, 6.07) is 21.7. The van der Waals surface area contributed by atoms with Crippen molar-refractivity contribution in [1.82, 2.24) is 24.5 Å². The van der Waals surface area contributed by atoms with Crippen LogP contribution in [0.2, 0.25) is 25.7 Å². The minimum Gasteiger partial charge on any atom is -0.361 e. The minimum absolute atomic E-state index is 0.453. The summed E-state index contributed by atoms with van der Waals surface area (Å²) >= 11 is 0. The standard InChI is InChI=1S/C30H29N5OSi/c1-37(2,3)15-14-36-20-35-19-26(21-8-10-27-22(16-21)6-4-12-31-27)25-18-33-29(34-30(25)35)24-9-11-28-23(17-24)7-5-13-32-28/h4-13,16-19H,14-15,20H2,1-3H3. The van der Waals surface area contributed by atoms with Crippen LogP contribution in [0.15, 0.2) is 85.5 Å². The van der Waals surface area contributed by atoms with E-state index in [0.717, 1.165) is 62.2 Å². The first-order valence-corrected chi connectivity index (χ1v) is 16.3. The lowest BCUT2D eigenvalue weighted by Crippen LogP contribution is -2.22. The van der Waals surface area contributed by atoms with E-state index in [1.165, 1.54) is 0 Å². The Balaban J connectivity index is 1.43. The number of benzene rings is 2. The first kappa shape index (κ1) is 23.5. The number of ether oxygens (including phenoxy) is 1. The molecule has 0 aliphatic carbocycles. The van der Waals surface area contributed by atoms with E-state index in [-0.39, 0.29) is 0 Å². The van der Waals surface area contributed by atoms with Gasteiger partial charge in [-0.25, -0.2) is 9.97 Å². The van der Waals surface area contributed by atoms with Gasteiger partial charge in [-0.2, -0.15) is 0 Å². The van der Waals surface area contributed by atoms with Crippen LogP contribution in [-0.2, 0) is 11.5 Å². The van der Waals surface area contributed by atoms with Crippen molar-refractivity contribution in [2.45, 2.75) is 32.4 Å². The van der Waals surface area contributed by atoms with E-state index in [4.69, 9.17) is 14.7 Å². The number of hydrogen-bond donors (Lipinski definition) is 0. The van der Waals surface area contributed by atoms with Crippen molar-refractivity contribution in [3.63, 3.8) is 0 Å². The molecule has 0 spiro atoms. The van der Waals surface area contributed by atoms with Gasteiger partial charge >= 0.3 is 0 Å². The Morgan fingerprint density at radius 3 is 2.19 bits per heavy atom. The van der Waals surface area contributed by atoms with Gasteiger partial charge in [0.2, 0.25) is 0 Å². The zero-order valence-electron chi connectivity index (χ0n) is 21.3. The van der Waals surface area contributed by atoms with Crippen LogP contribution in [0.25, 0.3) is 55.4 Å². The molecule has 6 aromatic rings. The average Bonchev–Trinajstić information content (AvgIpc) is 3.28. The molecule has 0 saturated carbocycles. The predicted molar refractivity (Wildman–Crippen MR) is 153 cm³/mol. The molecule has 0 saturated heterocycles. The second kappa shape index (κ2) is 9.50. The SMILES string of the molecule is C[Si](C)(C)CCOCn1cc(-c2ccc3ncccc3c2)c2cnc(-c3ccc4ncccc4c3)nc21. The molecule has 37 heavy (non-hydrogen) atoms. The highest BCUT2D eigenvalue weighted by atomic mass is 28.3. The van der Waals surface area contributed by atoms with Crippen molar-refractivity contribution < 1.29 is 4.74 Å². The summed E-state index contributed by atoms with van der Waals surface area (Å²) in [7, 11) is -1.17. The highest BCUT2D eigenvalue weighted by molar-refractivity contribution is 6.76. The van der Waals surface area contributed by atoms with Crippen molar-refractivity contribution in [3.05, 3.63) is 85.5 Å². The van der Waals surface area contributed by atoms with E-state index in [1.54, 1.807) is 0 Å². The molecule has 0 fully saturated rings. The van der Waals surface area contributed by atoms with Crippen LogP contribution >= 0.6 is 0 Å². The molecule has 0 N–H and O–H groups in total. The van der Waals surface area contributed by atoms with Gasteiger partial charge in [0.25, 0.3) is 0 Å². The molecule has 0 atom stereocenters. The highest BCUT2D eigenvalue weighted by Crippen LogP contribution is 2.33. The third kappa shape index (κ3) is 4.88. The minimum atomic E-state index is -1.17. The van der Waals surface area contributed by atoms with E-state index in [1.807, 2.05) is 42.9 Å². The van der Waals surface area contributed by atoms with Gasteiger partial charge in [-0.1, -0.05) is 37.8 Å². The Morgan fingerprint density at radius 1 is 0.811 bits per heavy atom. The number of hydrogen-bond acceptors (Lipinski definition) is 5. The Bertz CT molecular complexity index is 1740. The summed E-state index contributed by atoms with van der Waals surface area (Å²) in [5.41, 5.74) is 5.97. The van der Waals surface area contributed by atoms with Gasteiger partial charge in [-0.3, -0.25) is 9.97 Å². The van der Waals surface area contributed by atoms with Gasteiger partial charge < -0.3 is 9.30 Å². The molecule has 0 unspecified atom stereocenters. The smallest absolute Gasteiger partial charge is 0.161 e. The van der Waals surface area contributed by atoms with E-state index in [9.17, 15) is 0 Å². The molecule has 6 nitrogen and oxygen atoms in total. The molecule has 0 aliphatic rings. The number of fused-ring (bicyclic) bond motifs is 3. The van der Waals surface area contributed by atoms with Gasteiger partial charge in [0, 0.05) is 66.8 Å². The molecule has 0 amide bonds. The Hall–Kier alpha value is -3.94. The van der Waals surface area contributed by atoms with Crippen LogP contribution in [0, 0.1) is 0 Å². The van der Waals surface area contributed by atoms with Gasteiger partial charge in [0.15, 0.2) is 5.82 Å². The summed E-state index contributed by atoms with van der Waals surface area (Å²) in [5, 5.41) is 3.18. The first-order valence-electron chi connectivity index (χ1n) is 12.6. The second-order valence-electron chi connectivity index (χ2n) is 10.6. The summed E-state index contributed by atoms with van der Waals surface area (Å²) in [4.78, 5) is 18.7. The van der Waals surface area contributed by atoms with Crippen molar-refractivity contribution in [1.29, 1.82) is 0 Å². The lowest BCUT2D eigenvalue weighted by molar-refractivity contribution is 0.0899. The molecule has 184 valence electrons. The summed E-state index contributed by atoms with van der Waals surface area (Å²) in [5.74, 6) is 0.689. The molecule has 4 heterocycles. The van der Waals surface area contributed by atoms with Gasteiger partial charge in [-0.15, -0.1) is 0 Å². The number of pyridine rings is 2. The van der Waals surface area contributed by atoms with Crippen LogP contribution in [0.3, 0.4) is 0 Å². The van der Waals surface area contributed by atoms with Crippen LogP contribution in [0.1, 0.15) is 0 Å². The zero-order chi connectivity index (χ0) is 25.4. The lowest BCUT2D eigenvalue weighted by atomic mass is 10.0. The third-order valence-electron chi connectivity index (χ3n) is 6.62. The summed E-state index contributed by atoms with van der Waals surface area (Å²) in [6.07, 6.45) is 7.71. The van der Waals surface area contributed by atoms with Crippen molar-refractivity contribution in [3.8, 4) is 22.5 Å². The van der Waals surface area contributed by atoms with Gasteiger partial charge in [0.05, 0.1) is 11.0 Å². The van der Waals surface area contributed by atoms with Crippen LogP contribution < -0.4 is 0 Å². The number of nitrogens with zero attached hydrogens (tertiary/aromatic N) is 5. The normalized spacial score (nSPS) is 12.1. The second-order valence-corrected chi connectivity index (χ2v) is 16.2. The largest absolute Gasteiger partial charge is 0.361 e. The molecular formula is C30H29N5OSi. The first-order chi connectivity index (χ1) is 17.9. The van der Waals surface area contributed by atoms with Crippen LogP contribution in [0.4, 0.5) is 0 Å². The lowest BCUT2D eigenvalue weighted by Gasteiger charge is -2.15. The average molecular weight is 504 g/mol. The van der Waals surface area contributed by atoms with E-state index in [0.29, 0.717) is 12.6 Å². The molecule has 0 radical (unpaired) electrons. The van der Waals surface area contributed by atoms with Gasteiger partial charge in [0.1, 0.15) is 12.4 Å². The molecule has 2 aromatic carbocycles. The maximum atomic E-state index is 6.15. The zero-order valence-corrected chi connectivity index (χ0v) is 22.3. The number of rotatable bonds is 7. The van der Waals surface area contributed by atoms with Crippen molar-refractivity contribution in [2.75, 3.05) is 6.61 Å². The fourth-order valence-electron chi connectivity index (χ4n) is 4.53. The monoisotopic (exact) mass is 503 g/mol. The fourth-order valence-corrected chi connectivity index (χ4v) is 5.29. The third-order valence-corrected chi connectivity index (χ3v) is 8.32. The maximum absolute atomic E-state index is 6.15. The maximum Gasteiger partial charge on any atom is 0.161 e. The van der Waals surface area contributed by atoms with E-state index >= 15 is 0 Å². The van der Waals surface area contributed by atoms with Crippen molar-refractivity contribution in [2.24, 2.45) is 0 Å². The van der Waals surface area contributed by atoms with Gasteiger partial charge in [-0.05, 0) is 54.1 Å². The van der Waals surface area contributed by atoms with E-state index in [2.05, 4.69) is 76.8 Å². The summed E-state index contributed by atoms with van der Waals surface area (Å²) in [6.45, 7) is 8.31. The molecule has 4 aromatic heterocycles. The van der Waals surface area contributed by atoms with Crippen LogP contribution in [0.5, 0.6) is 0 Å². The molecule has 0 aliphatic heterocycles. The summed E-state index contributed by atoms with van der Waals surface area (Å²) < 4.78 is 8.25. The number of aromatic nitrogens is 5. The highest BCUT2D eigenvalue weighted by Gasteiger charge is 2.16. The molecule has 7 heteroatoms. The Labute approximate surface area is 217 Å². The quantitative estimate of drug-likeness (QED) is 0.171. The van der Waals surface area contributed by atoms with E-state index < -0.39 is 8.07 Å². The molecule has 0 bridgehead atoms. The molecular weight excluding hydrogens is 474 g/mol. The Kier molecular flexibility index (Phi) is 6.02. The van der Waals surface area contributed by atoms with Crippen LogP contribution in [-0.4, -0.2) is 39.2 Å². The Morgan fingerprint density at radius 2 is 1.49 bits per heavy atom. The molecule has 6 rings (SSSR count). The topological polar surface area (TPSA) is 65.7 Å². The fraction of sp³-hybridized carbons (Fsp3) is 0.200. The predicted octanol–water partition coefficient (Wildman–Crippen LogP) is 7.17. The van der Waals surface area contributed by atoms with Crippen molar-refractivity contribution >= 4 is 40.9 Å².